The van der Waals surface area contributed by atoms with Crippen LogP contribution in [0.1, 0.15) is 52.9 Å². The number of hydrogen-bond donors (Lipinski definition) is 0. The van der Waals surface area contributed by atoms with Gasteiger partial charge in [0, 0.05) is 26.1 Å². The van der Waals surface area contributed by atoms with Gasteiger partial charge in [-0.15, -0.1) is 0 Å². The monoisotopic (exact) mass is 637 g/mol. The second-order valence-corrected chi connectivity index (χ2v) is 13.6. The van der Waals surface area contributed by atoms with Crippen molar-refractivity contribution in [2.75, 3.05) is 44.5 Å². The SMILES string of the molecule is CC(C)(C)OC(=O)N1[C@@H]2CC[C@H]1CN(c1nc(OC[C@@]34CCCN3C[C@H](F)C4)nc3c(F)c(Br)c4c(c13)OCO4)C2. The standard InChI is InChI=1S/C28H34BrF2N5O5/c1-27(2,3)41-26(37)36-16-5-6-17(36)12-34(11-16)24-18-21(20(31)19(29)23-22(18)39-14-40-23)32-25(33-24)38-13-28-7-4-8-35(28)10-15(30)9-28/h15-17H,4-14H2,1-3H3/t15-,16-,17+,28+/m1/s1. The molecular weight excluding hydrogens is 604 g/mol. The van der Waals surface area contributed by atoms with Gasteiger partial charge < -0.3 is 23.8 Å². The fourth-order valence-corrected chi connectivity index (χ4v) is 7.74. The molecule has 5 aliphatic rings. The van der Waals surface area contributed by atoms with Crippen LogP contribution in [0.2, 0.25) is 0 Å². The summed E-state index contributed by atoms with van der Waals surface area (Å²) in [4.78, 5) is 28.4. The summed E-state index contributed by atoms with van der Waals surface area (Å²) in [6.07, 6.45) is 2.66. The van der Waals surface area contributed by atoms with Gasteiger partial charge in [-0.1, -0.05) is 0 Å². The Labute approximate surface area is 245 Å². The highest BCUT2D eigenvalue weighted by molar-refractivity contribution is 9.10. The largest absolute Gasteiger partial charge is 0.461 e. The number of aromatic nitrogens is 2. The van der Waals surface area contributed by atoms with E-state index in [9.17, 15) is 9.18 Å². The predicted octanol–water partition coefficient (Wildman–Crippen LogP) is 4.80. The maximum absolute atomic E-state index is 15.8. The lowest BCUT2D eigenvalue weighted by Crippen LogP contribution is -2.57. The molecule has 10 nitrogen and oxygen atoms in total. The minimum atomic E-state index is -0.892. The topological polar surface area (TPSA) is 89.5 Å². The number of rotatable bonds is 4. The maximum Gasteiger partial charge on any atom is 0.410 e. The minimum absolute atomic E-state index is 0.0302. The van der Waals surface area contributed by atoms with Crippen LogP contribution in [0.4, 0.5) is 19.4 Å². The number of benzene rings is 1. The lowest BCUT2D eigenvalue weighted by molar-refractivity contribution is 0.0122. The first-order chi connectivity index (χ1) is 19.5. The zero-order valence-corrected chi connectivity index (χ0v) is 25.0. The Bertz CT molecular complexity index is 1390. The Morgan fingerprint density at radius 1 is 1.15 bits per heavy atom. The fourth-order valence-electron chi connectivity index (χ4n) is 7.26. The number of halogens is 3. The molecule has 0 N–H and O–H groups in total. The summed E-state index contributed by atoms with van der Waals surface area (Å²) >= 11 is 3.31. The molecule has 2 aromatic rings. The Hall–Kier alpha value is -2.67. The van der Waals surface area contributed by atoms with Crippen LogP contribution in [-0.2, 0) is 4.74 Å². The molecule has 4 atom stereocenters. The molecule has 0 saturated carbocycles. The third kappa shape index (κ3) is 4.54. The van der Waals surface area contributed by atoms with Crippen LogP contribution >= 0.6 is 15.9 Å². The molecular formula is C28H34BrF2N5O5. The molecule has 0 spiro atoms. The van der Waals surface area contributed by atoms with Gasteiger partial charge in [-0.3, -0.25) is 9.80 Å². The zero-order valence-electron chi connectivity index (χ0n) is 23.4. The van der Waals surface area contributed by atoms with Crippen molar-refractivity contribution in [1.82, 2.24) is 19.8 Å². The Kier molecular flexibility index (Phi) is 6.42. The third-order valence-corrected chi connectivity index (χ3v) is 9.63. The molecule has 1 aromatic carbocycles. The number of nitrogens with zero attached hydrogens (tertiary/aromatic N) is 5. The van der Waals surface area contributed by atoms with Crippen molar-refractivity contribution in [3.63, 3.8) is 0 Å². The molecule has 4 fully saturated rings. The second kappa shape index (κ2) is 9.68. The van der Waals surface area contributed by atoms with Gasteiger partial charge in [-0.05, 0) is 68.9 Å². The number of ether oxygens (including phenoxy) is 4. The number of hydrogen-bond acceptors (Lipinski definition) is 9. The van der Waals surface area contributed by atoms with E-state index in [0.29, 0.717) is 43.0 Å². The number of amides is 1. The first-order valence-corrected chi connectivity index (χ1v) is 15.1. The number of carbonyl (C=O) groups is 1. The second-order valence-electron chi connectivity index (χ2n) is 12.8. The number of piperazine rings is 1. The fraction of sp³-hybridized carbons (Fsp3) is 0.679. The summed E-state index contributed by atoms with van der Waals surface area (Å²) in [6.45, 7) is 7.95. The van der Waals surface area contributed by atoms with E-state index in [2.05, 4.69) is 30.7 Å². The van der Waals surface area contributed by atoms with Gasteiger partial charge in [0.1, 0.15) is 34.2 Å². The van der Waals surface area contributed by atoms with E-state index < -0.39 is 23.1 Å². The van der Waals surface area contributed by atoms with Crippen LogP contribution in [0.3, 0.4) is 0 Å². The number of anilines is 1. The van der Waals surface area contributed by atoms with Crippen LogP contribution < -0.4 is 19.1 Å². The van der Waals surface area contributed by atoms with Crippen LogP contribution in [-0.4, -0.2) is 94.8 Å². The van der Waals surface area contributed by atoms with Crippen molar-refractivity contribution in [2.24, 2.45) is 0 Å². The van der Waals surface area contributed by atoms with E-state index >= 15 is 4.39 Å². The molecule has 13 heteroatoms. The summed E-state index contributed by atoms with van der Waals surface area (Å²) < 4.78 is 53.6. The Morgan fingerprint density at radius 3 is 2.61 bits per heavy atom. The zero-order chi connectivity index (χ0) is 28.7. The van der Waals surface area contributed by atoms with Crippen molar-refractivity contribution in [3.05, 3.63) is 10.3 Å². The van der Waals surface area contributed by atoms with E-state index in [-0.39, 0.29) is 53.3 Å². The highest BCUT2D eigenvalue weighted by Gasteiger charge is 2.50. The average molecular weight is 639 g/mol. The molecule has 7 rings (SSSR count). The van der Waals surface area contributed by atoms with Gasteiger partial charge in [0.2, 0.25) is 6.79 Å². The predicted molar refractivity (Wildman–Crippen MR) is 149 cm³/mol. The van der Waals surface area contributed by atoms with E-state index in [1.54, 1.807) is 0 Å². The molecule has 0 unspecified atom stereocenters. The maximum atomic E-state index is 15.8. The summed E-state index contributed by atoms with van der Waals surface area (Å²) in [5, 5.41) is 0.404. The first kappa shape index (κ1) is 27.2. The molecule has 0 radical (unpaired) electrons. The highest BCUT2D eigenvalue weighted by Crippen LogP contribution is 2.50. The van der Waals surface area contributed by atoms with Gasteiger partial charge >= 0.3 is 12.1 Å². The Morgan fingerprint density at radius 2 is 1.88 bits per heavy atom. The lowest BCUT2D eigenvalue weighted by atomic mass is 9.95. The van der Waals surface area contributed by atoms with Crippen molar-refractivity contribution in [2.45, 2.75) is 82.3 Å². The summed E-state index contributed by atoms with van der Waals surface area (Å²) in [6, 6.07) is -0.147. The summed E-state index contributed by atoms with van der Waals surface area (Å²) in [7, 11) is 0. The molecule has 2 bridgehead atoms. The van der Waals surface area contributed by atoms with Crippen LogP contribution in [0.5, 0.6) is 17.5 Å². The molecule has 4 saturated heterocycles. The normalized spacial score (nSPS) is 29.0. The molecule has 1 amide bonds. The summed E-state index contributed by atoms with van der Waals surface area (Å²) in [5.74, 6) is 0.505. The van der Waals surface area contributed by atoms with Gasteiger partial charge in [0.05, 0.1) is 23.0 Å². The van der Waals surface area contributed by atoms with Crippen molar-refractivity contribution in [1.29, 1.82) is 0 Å². The lowest BCUT2D eigenvalue weighted by Gasteiger charge is -2.42. The Balaban J connectivity index is 1.25. The van der Waals surface area contributed by atoms with E-state index in [1.165, 1.54) is 0 Å². The molecule has 5 aliphatic heterocycles. The van der Waals surface area contributed by atoms with Crippen molar-refractivity contribution < 1.29 is 32.5 Å². The van der Waals surface area contributed by atoms with Crippen LogP contribution in [0.15, 0.2) is 4.47 Å². The van der Waals surface area contributed by atoms with Crippen LogP contribution in [0, 0.1) is 5.82 Å². The number of alkyl halides is 1. The molecule has 222 valence electrons. The van der Waals surface area contributed by atoms with Gasteiger partial charge in [-0.2, -0.15) is 9.97 Å². The summed E-state index contributed by atoms with van der Waals surface area (Å²) in [5.41, 5.74) is -0.940. The smallest absolute Gasteiger partial charge is 0.410 e. The quantitative estimate of drug-likeness (QED) is 0.469. The first-order valence-electron chi connectivity index (χ1n) is 14.3. The third-order valence-electron chi connectivity index (χ3n) is 8.93. The average Bonchev–Trinajstić information content (AvgIpc) is 3.66. The van der Waals surface area contributed by atoms with Gasteiger partial charge in [0.15, 0.2) is 17.3 Å². The van der Waals surface area contributed by atoms with Crippen molar-refractivity contribution >= 4 is 38.7 Å². The number of carbonyl (C=O) groups excluding carboxylic acids is 1. The van der Waals surface area contributed by atoms with Crippen molar-refractivity contribution in [3.8, 4) is 17.5 Å². The highest BCUT2D eigenvalue weighted by atomic mass is 79.9. The minimum Gasteiger partial charge on any atom is -0.461 e. The van der Waals surface area contributed by atoms with E-state index in [0.717, 1.165) is 32.2 Å². The van der Waals surface area contributed by atoms with Crippen LogP contribution in [0.25, 0.3) is 10.9 Å². The van der Waals surface area contributed by atoms with Gasteiger partial charge in [-0.25, -0.2) is 13.6 Å². The van der Waals surface area contributed by atoms with E-state index in [1.807, 2.05) is 25.7 Å². The molecule has 0 aliphatic carbocycles. The van der Waals surface area contributed by atoms with E-state index in [4.69, 9.17) is 23.9 Å². The molecule has 6 heterocycles. The molecule has 1 aromatic heterocycles. The molecule has 41 heavy (non-hydrogen) atoms. The number of fused-ring (bicyclic) bond motifs is 6. The van der Waals surface area contributed by atoms with Gasteiger partial charge in [0.25, 0.3) is 0 Å².